The van der Waals surface area contributed by atoms with Crippen LogP contribution in [0.25, 0.3) is 11.3 Å². The number of non-ortho nitro benzene ring substituents is 1. The Morgan fingerprint density at radius 1 is 1.29 bits per heavy atom. The molecule has 0 aliphatic heterocycles. The fraction of sp³-hybridized carbons (Fsp3) is 0.400. The van der Waals surface area contributed by atoms with Gasteiger partial charge in [0.1, 0.15) is 5.82 Å². The lowest BCUT2D eigenvalue weighted by Crippen LogP contribution is -2.26. The van der Waals surface area contributed by atoms with E-state index in [2.05, 4.69) is 9.97 Å². The number of aromatic nitrogens is 2. The summed E-state index contributed by atoms with van der Waals surface area (Å²) >= 11 is 0. The van der Waals surface area contributed by atoms with Crippen molar-refractivity contribution in [3.05, 3.63) is 46.4 Å². The summed E-state index contributed by atoms with van der Waals surface area (Å²) in [7, 11) is 0. The number of hydrogen-bond donors (Lipinski definition) is 2. The van der Waals surface area contributed by atoms with Crippen molar-refractivity contribution in [2.45, 2.75) is 37.6 Å². The van der Waals surface area contributed by atoms with E-state index in [0.717, 1.165) is 42.8 Å². The average molecular weight is 286 g/mol. The maximum atomic E-state index is 10.8. The van der Waals surface area contributed by atoms with Crippen molar-refractivity contribution in [1.29, 1.82) is 0 Å². The third-order valence-corrected chi connectivity index (χ3v) is 4.12. The normalized spacial score (nSPS) is 22.1. The van der Waals surface area contributed by atoms with Gasteiger partial charge < -0.3 is 10.7 Å². The van der Waals surface area contributed by atoms with E-state index in [0.29, 0.717) is 12.0 Å². The molecule has 1 aliphatic rings. The maximum Gasteiger partial charge on any atom is 0.270 e. The van der Waals surface area contributed by atoms with Crippen LogP contribution in [0.5, 0.6) is 0 Å². The van der Waals surface area contributed by atoms with Crippen molar-refractivity contribution >= 4 is 5.69 Å². The van der Waals surface area contributed by atoms with Gasteiger partial charge in [0.25, 0.3) is 5.69 Å². The fourth-order valence-electron chi connectivity index (χ4n) is 2.87. The first-order valence-electron chi connectivity index (χ1n) is 7.19. The number of nitrogens with one attached hydrogen (secondary N) is 1. The number of hydrogen-bond acceptors (Lipinski definition) is 4. The quantitative estimate of drug-likeness (QED) is 0.669. The Morgan fingerprint density at radius 3 is 2.76 bits per heavy atom. The fourth-order valence-corrected chi connectivity index (χ4v) is 2.87. The predicted octanol–water partition coefficient (Wildman–Crippen LogP) is 2.97. The van der Waals surface area contributed by atoms with Gasteiger partial charge in [0.2, 0.25) is 0 Å². The topological polar surface area (TPSA) is 97.8 Å². The van der Waals surface area contributed by atoms with Crippen molar-refractivity contribution in [3.63, 3.8) is 0 Å². The Hall–Kier alpha value is -2.21. The number of aromatic amines is 1. The lowest BCUT2D eigenvalue weighted by Gasteiger charge is -2.24. The predicted molar refractivity (Wildman–Crippen MR) is 79.9 cm³/mol. The number of rotatable bonds is 3. The summed E-state index contributed by atoms with van der Waals surface area (Å²) in [5.41, 5.74) is 7.62. The molecule has 1 saturated carbocycles. The van der Waals surface area contributed by atoms with Crippen molar-refractivity contribution in [3.8, 4) is 11.3 Å². The molecule has 0 atom stereocenters. The molecule has 0 amide bonds. The molecular weight excluding hydrogens is 268 g/mol. The van der Waals surface area contributed by atoms with Crippen LogP contribution in [0.3, 0.4) is 0 Å². The molecule has 3 N–H and O–H groups in total. The van der Waals surface area contributed by atoms with Crippen LogP contribution in [0.15, 0.2) is 30.5 Å². The number of nitrogens with two attached hydrogens (primary N) is 1. The summed E-state index contributed by atoms with van der Waals surface area (Å²) in [6.45, 7) is 0. The smallest absolute Gasteiger partial charge is 0.270 e. The largest absolute Gasteiger partial charge is 0.342 e. The number of nitro benzene ring substituents is 1. The zero-order valence-corrected chi connectivity index (χ0v) is 11.7. The zero-order valence-electron chi connectivity index (χ0n) is 11.7. The van der Waals surface area contributed by atoms with Gasteiger partial charge in [-0.05, 0) is 25.7 Å². The number of H-pyrrole nitrogens is 1. The molecule has 1 aliphatic carbocycles. The Bertz CT molecular complexity index is 645. The summed E-state index contributed by atoms with van der Waals surface area (Å²) in [4.78, 5) is 18.2. The van der Waals surface area contributed by atoms with E-state index in [-0.39, 0.29) is 10.6 Å². The molecular formula is C15H18N4O2. The molecule has 0 saturated heterocycles. The highest BCUT2D eigenvalue weighted by molar-refractivity contribution is 5.62. The Kier molecular flexibility index (Phi) is 3.70. The second kappa shape index (κ2) is 5.65. The van der Waals surface area contributed by atoms with Crippen molar-refractivity contribution in [2.24, 2.45) is 5.73 Å². The van der Waals surface area contributed by atoms with Crippen molar-refractivity contribution in [1.82, 2.24) is 9.97 Å². The van der Waals surface area contributed by atoms with Gasteiger partial charge in [-0.2, -0.15) is 0 Å². The highest BCUT2D eigenvalue weighted by Gasteiger charge is 2.22. The van der Waals surface area contributed by atoms with Crippen LogP contribution < -0.4 is 5.73 Å². The van der Waals surface area contributed by atoms with Gasteiger partial charge in [-0.25, -0.2) is 4.98 Å². The summed E-state index contributed by atoms with van der Waals surface area (Å²) in [6, 6.07) is 6.90. The van der Waals surface area contributed by atoms with Crippen LogP contribution in [0.4, 0.5) is 5.69 Å². The molecule has 1 aromatic carbocycles. The van der Waals surface area contributed by atoms with Gasteiger partial charge >= 0.3 is 0 Å². The summed E-state index contributed by atoms with van der Waals surface area (Å²) in [5, 5.41) is 10.8. The first-order valence-corrected chi connectivity index (χ1v) is 7.19. The lowest BCUT2D eigenvalue weighted by atomic mass is 9.86. The van der Waals surface area contributed by atoms with Crippen molar-refractivity contribution in [2.75, 3.05) is 0 Å². The minimum Gasteiger partial charge on any atom is -0.342 e. The summed E-state index contributed by atoms with van der Waals surface area (Å²) < 4.78 is 0. The number of nitro groups is 1. The monoisotopic (exact) mass is 286 g/mol. The number of nitrogens with zero attached hydrogens (tertiary/aromatic N) is 2. The SMILES string of the molecule is NC1CCC(c2ncc(-c3cccc([N+](=O)[O-])c3)[nH]2)CC1. The molecule has 3 rings (SSSR count). The Balaban J connectivity index is 1.81. The Labute approximate surface area is 122 Å². The minimum absolute atomic E-state index is 0.0901. The highest BCUT2D eigenvalue weighted by Crippen LogP contribution is 2.32. The van der Waals surface area contributed by atoms with Crippen LogP contribution in [0.2, 0.25) is 0 Å². The molecule has 0 spiro atoms. The third kappa shape index (κ3) is 2.95. The summed E-state index contributed by atoms with van der Waals surface area (Å²) in [6.07, 6.45) is 5.89. The Morgan fingerprint density at radius 2 is 2.05 bits per heavy atom. The standard InChI is InChI=1S/C15H18N4O2/c16-12-6-4-10(5-7-12)15-17-9-14(18-15)11-2-1-3-13(8-11)19(20)21/h1-3,8-10,12H,4-7,16H2,(H,17,18). The number of imidazole rings is 1. The summed E-state index contributed by atoms with van der Waals surface area (Å²) in [5.74, 6) is 1.38. The van der Waals surface area contributed by atoms with Crippen LogP contribution in [-0.2, 0) is 0 Å². The molecule has 0 bridgehead atoms. The molecule has 0 unspecified atom stereocenters. The molecule has 1 aromatic heterocycles. The molecule has 6 heteroatoms. The first kappa shape index (κ1) is 13.8. The highest BCUT2D eigenvalue weighted by atomic mass is 16.6. The third-order valence-electron chi connectivity index (χ3n) is 4.12. The first-order chi connectivity index (χ1) is 10.1. The van der Waals surface area contributed by atoms with Crippen LogP contribution in [0, 0.1) is 10.1 Å². The van der Waals surface area contributed by atoms with Gasteiger partial charge in [0.05, 0.1) is 16.8 Å². The minimum atomic E-state index is -0.386. The van der Waals surface area contributed by atoms with Gasteiger partial charge in [-0.15, -0.1) is 0 Å². The molecule has 0 radical (unpaired) electrons. The molecule has 2 aromatic rings. The van der Waals surface area contributed by atoms with E-state index in [1.165, 1.54) is 6.07 Å². The second-order valence-corrected chi connectivity index (χ2v) is 5.60. The van der Waals surface area contributed by atoms with E-state index >= 15 is 0 Å². The van der Waals surface area contributed by atoms with Crippen LogP contribution in [-0.4, -0.2) is 20.9 Å². The number of benzene rings is 1. The van der Waals surface area contributed by atoms with Gasteiger partial charge in [-0.3, -0.25) is 10.1 Å². The average Bonchev–Trinajstić information content (AvgIpc) is 2.98. The van der Waals surface area contributed by atoms with Gasteiger partial charge in [0, 0.05) is 29.7 Å². The lowest BCUT2D eigenvalue weighted by molar-refractivity contribution is -0.384. The molecule has 6 nitrogen and oxygen atoms in total. The van der Waals surface area contributed by atoms with Crippen LogP contribution >= 0.6 is 0 Å². The van der Waals surface area contributed by atoms with E-state index in [1.54, 1.807) is 18.3 Å². The molecule has 1 fully saturated rings. The van der Waals surface area contributed by atoms with E-state index < -0.39 is 0 Å². The molecule has 110 valence electrons. The van der Waals surface area contributed by atoms with E-state index in [4.69, 9.17) is 5.73 Å². The zero-order chi connectivity index (χ0) is 14.8. The molecule has 1 heterocycles. The molecule has 21 heavy (non-hydrogen) atoms. The van der Waals surface area contributed by atoms with Crippen molar-refractivity contribution < 1.29 is 4.92 Å². The second-order valence-electron chi connectivity index (χ2n) is 5.60. The van der Waals surface area contributed by atoms with E-state index in [9.17, 15) is 10.1 Å². The van der Waals surface area contributed by atoms with E-state index in [1.807, 2.05) is 6.07 Å². The van der Waals surface area contributed by atoms with Gasteiger partial charge in [0.15, 0.2) is 0 Å². The maximum absolute atomic E-state index is 10.8. The van der Waals surface area contributed by atoms with Gasteiger partial charge in [-0.1, -0.05) is 12.1 Å². The van der Waals surface area contributed by atoms with Crippen LogP contribution in [0.1, 0.15) is 37.4 Å².